The van der Waals surface area contributed by atoms with Crippen LogP contribution in [0, 0.1) is 10.8 Å². The normalized spacial score (nSPS) is 10.5. The molecule has 6 nitrogen and oxygen atoms in total. The Morgan fingerprint density at radius 2 is 1.00 bits per heavy atom. The fraction of sp³-hybridized carbons (Fsp3) is 0.905. The molecule has 0 amide bonds. The van der Waals surface area contributed by atoms with Gasteiger partial charge in [0.2, 0.25) is 0 Å². The number of esters is 2. The van der Waals surface area contributed by atoms with Crippen LogP contribution in [-0.2, 0) is 19.1 Å². The van der Waals surface area contributed by atoms with Crippen LogP contribution in [0.15, 0.2) is 0 Å². The molecule has 0 spiro atoms. The van der Waals surface area contributed by atoms with E-state index in [1.807, 2.05) is 34.6 Å². The molecule has 0 fully saturated rings. The van der Waals surface area contributed by atoms with Gasteiger partial charge in [0.25, 0.3) is 0 Å². The van der Waals surface area contributed by atoms with E-state index in [9.17, 15) is 9.59 Å². The maximum atomic E-state index is 11.5. The first-order valence-corrected chi connectivity index (χ1v) is 10.1. The zero-order valence-corrected chi connectivity index (χ0v) is 19.4. The van der Waals surface area contributed by atoms with Gasteiger partial charge in [0.05, 0.1) is 25.0 Å². The molecule has 0 aliphatic rings. The van der Waals surface area contributed by atoms with Crippen molar-refractivity contribution in [3.8, 4) is 0 Å². The highest BCUT2D eigenvalue weighted by Crippen LogP contribution is 2.34. The van der Waals surface area contributed by atoms with E-state index in [0.717, 1.165) is 38.5 Å². The summed E-state index contributed by atoms with van der Waals surface area (Å²) in [7, 11) is 0. The second kappa shape index (κ2) is 18.2. The van der Waals surface area contributed by atoms with E-state index in [1.165, 1.54) is 0 Å². The first kappa shape index (κ1) is 33.4. The molecule has 0 aliphatic carbocycles. The largest absolute Gasteiger partial charge is 0.466 e. The molecule has 0 radical (unpaired) electrons. The number of carbonyl (C=O) groups is 2. The van der Waals surface area contributed by atoms with Crippen LogP contribution >= 0.6 is 0 Å². The van der Waals surface area contributed by atoms with Gasteiger partial charge in [-0.2, -0.15) is 0 Å². The van der Waals surface area contributed by atoms with Crippen molar-refractivity contribution >= 4 is 11.9 Å². The van der Waals surface area contributed by atoms with Crippen molar-refractivity contribution in [2.45, 2.75) is 100 Å². The molecule has 0 saturated heterocycles. The van der Waals surface area contributed by atoms with Crippen LogP contribution in [0.3, 0.4) is 0 Å². The Bertz CT molecular complexity index is 349. The van der Waals surface area contributed by atoms with Gasteiger partial charge in [-0.3, -0.25) is 9.59 Å². The first-order valence-electron chi connectivity index (χ1n) is 10.1. The molecule has 0 bridgehead atoms. The lowest BCUT2D eigenvalue weighted by Crippen LogP contribution is -2.31. The summed E-state index contributed by atoms with van der Waals surface area (Å²) >= 11 is 0. The van der Waals surface area contributed by atoms with E-state index in [0.29, 0.717) is 19.6 Å². The number of ether oxygens (including phenoxy) is 2. The van der Waals surface area contributed by atoms with Gasteiger partial charge in [-0.1, -0.05) is 41.5 Å². The molecule has 6 heteroatoms. The van der Waals surface area contributed by atoms with Gasteiger partial charge in [-0.25, -0.2) is 0 Å². The number of hydrogen-bond acceptors (Lipinski definition) is 6. The molecular weight excluding hydrogens is 344 g/mol. The predicted molar refractivity (Wildman–Crippen MR) is 115 cm³/mol. The topological polar surface area (TPSA) is 123 Å². The Hall–Kier alpha value is -1.14. The van der Waals surface area contributed by atoms with E-state index < -0.39 is 0 Å². The lowest BCUT2D eigenvalue weighted by atomic mass is 9.77. The summed E-state index contributed by atoms with van der Waals surface area (Å²) in [5.74, 6) is -0.0782. The van der Waals surface area contributed by atoms with E-state index in [-0.39, 0.29) is 35.1 Å². The van der Waals surface area contributed by atoms with Crippen molar-refractivity contribution in [1.82, 2.24) is 12.3 Å². The van der Waals surface area contributed by atoms with Gasteiger partial charge in [0.1, 0.15) is 0 Å². The molecule has 0 unspecified atom stereocenters. The summed E-state index contributed by atoms with van der Waals surface area (Å²) in [5, 5.41) is 0. The molecule has 6 N–H and O–H groups in total. The summed E-state index contributed by atoms with van der Waals surface area (Å²) in [6, 6.07) is 0. The molecule has 0 aromatic rings. The summed E-state index contributed by atoms with van der Waals surface area (Å²) < 4.78 is 10.0. The Labute approximate surface area is 168 Å². The molecule has 0 atom stereocenters. The maximum Gasteiger partial charge on any atom is 0.312 e. The summed E-state index contributed by atoms with van der Waals surface area (Å²) in [5.41, 5.74) is -0.0533. The molecule has 0 aromatic carbocycles. The summed E-state index contributed by atoms with van der Waals surface area (Å²) in [4.78, 5) is 22.8. The highest BCUT2D eigenvalue weighted by molar-refractivity contribution is 5.76. The predicted octanol–water partition coefficient (Wildman–Crippen LogP) is 6.25. The van der Waals surface area contributed by atoms with Crippen LogP contribution in [0.1, 0.15) is 100 Å². The average Bonchev–Trinajstić information content (AvgIpc) is 2.63. The molecular formula is C21H48N2O4. The van der Waals surface area contributed by atoms with Crippen LogP contribution in [0.4, 0.5) is 0 Å². The van der Waals surface area contributed by atoms with Crippen LogP contribution in [-0.4, -0.2) is 25.2 Å². The molecule has 166 valence electrons. The van der Waals surface area contributed by atoms with Gasteiger partial charge in [0, 0.05) is 0 Å². The van der Waals surface area contributed by atoms with Crippen LogP contribution in [0.5, 0.6) is 0 Å². The fourth-order valence-electron chi connectivity index (χ4n) is 3.11. The summed E-state index contributed by atoms with van der Waals surface area (Å²) in [6.45, 7) is 17.3. The van der Waals surface area contributed by atoms with Crippen LogP contribution in [0.25, 0.3) is 0 Å². The van der Waals surface area contributed by atoms with Crippen LogP contribution < -0.4 is 12.3 Å². The van der Waals surface area contributed by atoms with Gasteiger partial charge in [0.15, 0.2) is 0 Å². The molecule has 0 heterocycles. The monoisotopic (exact) mass is 392 g/mol. The molecule has 0 aliphatic heterocycles. The Kier molecular flexibility index (Phi) is 22.6. The standard InChI is InChI=1S/C11H22O2.C10H20O2.2H3N/c1-5-11(6-2,7-3)9-10(12)13-8-4;1-5-10(6-2,7-3)9(11)12-8-4;;/h5-9H2,1-4H3;5-8H2,1-4H3;2*1H3. The highest BCUT2D eigenvalue weighted by atomic mass is 16.5. The Balaban J connectivity index is -0.000000183. The van der Waals surface area contributed by atoms with Gasteiger partial charge in [-0.05, 0) is 57.8 Å². The molecule has 0 aromatic heterocycles. The molecule has 0 saturated carbocycles. The van der Waals surface area contributed by atoms with Gasteiger partial charge in [-0.15, -0.1) is 0 Å². The number of hydrogen-bond donors (Lipinski definition) is 2. The second-order valence-electron chi connectivity index (χ2n) is 6.60. The zero-order valence-electron chi connectivity index (χ0n) is 19.4. The minimum Gasteiger partial charge on any atom is -0.466 e. The van der Waals surface area contributed by atoms with E-state index in [2.05, 4.69) is 20.8 Å². The smallest absolute Gasteiger partial charge is 0.312 e. The maximum absolute atomic E-state index is 11.5. The van der Waals surface area contributed by atoms with E-state index in [4.69, 9.17) is 9.47 Å². The quantitative estimate of drug-likeness (QED) is 0.401. The van der Waals surface area contributed by atoms with E-state index in [1.54, 1.807) is 0 Å². The van der Waals surface area contributed by atoms with Crippen molar-refractivity contribution in [3.05, 3.63) is 0 Å². The lowest BCUT2D eigenvalue weighted by Gasteiger charge is -2.28. The van der Waals surface area contributed by atoms with Gasteiger partial charge >= 0.3 is 11.9 Å². The Morgan fingerprint density at radius 3 is 1.26 bits per heavy atom. The second-order valence-corrected chi connectivity index (χ2v) is 6.60. The third-order valence-electron chi connectivity index (χ3n) is 5.81. The third kappa shape index (κ3) is 11.3. The third-order valence-corrected chi connectivity index (χ3v) is 5.81. The summed E-state index contributed by atoms with van der Waals surface area (Å²) in [6.07, 6.45) is 6.36. The van der Waals surface area contributed by atoms with Crippen LogP contribution in [0.2, 0.25) is 0 Å². The molecule has 27 heavy (non-hydrogen) atoms. The van der Waals surface area contributed by atoms with Crippen molar-refractivity contribution < 1.29 is 19.1 Å². The lowest BCUT2D eigenvalue weighted by molar-refractivity contribution is -0.156. The first-order chi connectivity index (χ1) is 11.8. The minimum atomic E-state index is -0.226. The SMILES string of the molecule is CCOC(=O)C(CC)(CC)CC.CCOC(=O)CC(CC)(CC)CC.N.N. The fourth-order valence-corrected chi connectivity index (χ4v) is 3.11. The zero-order chi connectivity index (χ0) is 19.9. The van der Waals surface area contributed by atoms with Crippen molar-refractivity contribution in [2.24, 2.45) is 10.8 Å². The Morgan fingerprint density at radius 1 is 0.630 bits per heavy atom. The van der Waals surface area contributed by atoms with Gasteiger partial charge < -0.3 is 21.8 Å². The highest BCUT2D eigenvalue weighted by Gasteiger charge is 2.34. The van der Waals surface area contributed by atoms with Crippen molar-refractivity contribution in [2.75, 3.05) is 13.2 Å². The van der Waals surface area contributed by atoms with Crippen molar-refractivity contribution in [3.63, 3.8) is 0 Å². The minimum absolute atomic E-state index is 0. The average molecular weight is 393 g/mol. The number of rotatable bonds is 11. The van der Waals surface area contributed by atoms with E-state index >= 15 is 0 Å². The van der Waals surface area contributed by atoms with Crippen molar-refractivity contribution in [1.29, 1.82) is 0 Å². The number of carbonyl (C=O) groups excluding carboxylic acids is 2. The molecule has 0 rings (SSSR count).